The molecule has 7 nitrogen and oxygen atoms in total. The fourth-order valence-corrected chi connectivity index (χ4v) is 2.59. The molecule has 1 unspecified atom stereocenters. The van der Waals surface area contributed by atoms with E-state index in [1.54, 1.807) is 7.11 Å². The van der Waals surface area contributed by atoms with Crippen LogP contribution in [0.2, 0.25) is 0 Å². The molecule has 0 amide bonds. The minimum absolute atomic E-state index is 0.0786. The van der Waals surface area contributed by atoms with Crippen molar-refractivity contribution in [3.05, 3.63) is 24.3 Å². The number of hydrogen-bond acceptors (Lipinski definition) is 5. The number of nitrogens with zero attached hydrogens (tertiary/aromatic N) is 1. The lowest BCUT2D eigenvalue weighted by molar-refractivity contribution is -0.140. The molecule has 0 aliphatic carbocycles. The normalized spacial score (nSPS) is 12.2. The van der Waals surface area contributed by atoms with Gasteiger partial charge in [0.25, 0.3) is 0 Å². The zero-order valence-corrected chi connectivity index (χ0v) is 17.6. The summed E-state index contributed by atoms with van der Waals surface area (Å²) in [5.74, 6) is 2.09. The number of carbonyl (C=O) groups excluding carboxylic acids is 1. The van der Waals surface area contributed by atoms with E-state index in [0.717, 1.165) is 56.2 Å². The summed E-state index contributed by atoms with van der Waals surface area (Å²) >= 11 is 0. The highest BCUT2D eigenvalue weighted by Gasteiger charge is 2.08. The molecule has 0 spiro atoms. The standard InChI is InChI=1S/C21H35N3O4/c1-5-22-21(23-15-11-7-6-8-14-20(25)27-4)24-16-17(2)28-19-13-10-9-12-18(19)26-3/h9-10,12-13,17H,5-8,11,14-16H2,1-4H3,(H2,22,23,24). The number of benzene rings is 1. The van der Waals surface area contributed by atoms with Crippen molar-refractivity contribution in [2.75, 3.05) is 33.9 Å². The highest BCUT2D eigenvalue weighted by atomic mass is 16.5. The Labute approximate surface area is 168 Å². The van der Waals surface area contributed by atoms with Crippen LogP contribution in [0, 0.1) is 0 Å². The summed E-state index contributed by atoms with van der Waals surface area (Å²) in [6.45, 7) is 6.20. The van der Waals surface area contributed by atoms with Crippen LogP contribution in [0.4, 0.5) is 0 Å². The van der Waals surface area contributed by atoms with Crippen LogP contribution in [0.1, 0.15) is 46.0 Å². The van der Waals surface area contributed by atoms with Gasteiger partial charge < -0.3 is 24.8 Å². The molecular formula is C21H35N3O4. The number of ether oxygens (including phenoxy) is 3. The predicted molar refractivity (Wildman–Crippen MR) is 112 cm³/mol. The smallest absolute Gasteiger partial charge is 0.305 e. The van der Waals surface area contributed by atoms with Crippen molar-refractivity contribution in [2.24, 2.45) is 4.99 Å². The van der Waals surface area contributed by atoms with Gasteiger partial charge in [-0.1, -0.05) is 25.0 Å². The van der Waals surface area contributed by atoms with Gasteiger partial charge in [-0.3, -0.25) is 4.79 Å². The molecule has 0 saturated carbocycles. The lowest BCUT2D eigenvalue weighted by Crippen LogP contribution is -2.38. The number of nitrogens with one attached hydrogen (secondary N) is 2. The van der Waals surface area contributed by atoms with Gasteiger partial charge in [-0.2, -0.15) is 0 Å². The summed E-state index contributed by atoms with van der Waals surface area (Å²) in [4.78, 5) is 15.7. The largest absolute Gasteiger partial charge is 0.493 e. The maximum absolute atomic E-state index is 11.1. The lowest BCUT2D eigenvalue weighted by Gasteiger charge is -2.16. The average molecular weight is 394 g/mol. The molecule has 28 heavy (non-hydrogen) atoms. The van der Waals surface area contributed by atoms with Crippen molar-refractivity contribution in [3.63, 3.8) is 0 Å². The van der Waals surface area contributed by atoms with Gasteiger partial charge in [-0.25, -0.2) is 4.99 Å². The van der Waals surface area contributed by atoms with Crippen LogP contribution in [0.5, 0.6) is 11.5 Å². The Hall–Kier alpha value is -2.44. The first kappa shape index (κ1) is 23.6. The molecule has 0 saturated heterocycles. The molecule has 1 aromatic rings. The van der Waals surface area contributed by atoms with E-state index >= 15 is 0 Å². The number of methoxy groups -OCH3 is 2. The second-order valence-corrected chi connectivity index (χ2v) is 6.47. The van der Waals surface area contributed by atoms with Crippen LogP contribution in [0.15, 0.2) is 29.3 Å². The number of carbonyl (C=O) groups is 1. The Kier molecular flexibility index (Phi) is 12.3. The minimum atomic E-state index is -0.135. The minimum Gasteiger partial charge on any atom is -0.493 e. The maximum atomic E-state index is 11.1. The fraction of sp³-hybridized carbons (Fsp3) is 0.619. The molecule has 158 valence electrons. The first-order valence-electron chi connectivity index (χ1n) is 9.99. The van der Waals surface area contributed by atoms with Gasteiger partial charge >= 0.3 is 5.97 Å². The van der Waals surface area contributed by atoms with E-state index in [1.807, 2.05) is 38.1 Å². The number of unbranched alkanes of at least 4 members (excludes halogenated alkanes) is 3. The van der Waals surface area contributed by atoms with Crippen molar-refractivity contribution in [1.82, 2.24) is 10.6 Å². The number of para-hydroxylation sites is 2. The molecule has 0 fully saturated rings. The van der Waals surface area contributed by atoms with Crippen LogP contribution in [0.3, 0.4) is 0 Å². The third kappa shape index (κ3) is 10.0. The Morgan fingerprint density at radius 2 is 1.79 bits per heavy atom. The molecule has 7 heteroatoms. The predicted octanol–water partition coefficient (Wildman–Crippen LogP) is 3.14. The number of hydrogen-bond donors (Lipinski definition) is 2. The van der Waals surface area contributed by atoms with Gasteiger partial charge in [0.05, 0.1) is 20.8 Å². The topological polar surface area (TPSA) is 81.2 Å². The van der Waals surface area contributed by atoms with Crippen LogP contribution >= 0.6 is 0 Å². The van der Waals surface area contributed by atoms with Gasteiger partial charge in [0.2, 0.25) is 0 Å². The summed E-state index contributed by atoms with van der Waals surface area (Å²) in [5, 5.41) is 6.59. The van der Waals surface area contributed by atoms with Crippen LogP contribution in [-0.2, 0) is 9.53 Å². The molecule has 0 aliphatic rings. The Balaban J connectivity index is 2.33. The molecule has 1 atom stereocenters. The third-order valence-electron chi connectivity index (χ3n) is 4.08. The number of aliphatic imine (C=N–C) groups is 1. The van der Waals surface area contributed by atoms with Gasteiger partial charge in [0.1, 0.15) is 6.10 Å². The van der Waals surface area contributed by atoms with Crippen molar-refractivity contribution in [1.29, 1.82) is 0 Å². The summed E-state index contributed by atoms with van der Waals surface area (Å²) in [6, 6.07) is 7.60. The molecule has 2 N–H and O–H groups in total. The summed E-state index contributed by atoms with van der Waals surface area (Å²) in [5.41, 5.74) is 0. The molecule has 0 radical (unpaired) electrons. The van der Waals surface area contributed by atoms with Crippen molar-refractivity contribution < 1.29 is 19.0 Å². The molecule has 0 heterocycles. The lowest BCUT2D eigenvalue weighted by atomic mass is 10.1. The Morgan fingerprint density at radius 1 is 1.07 bits per heavy atom. The van der Waals surface area contributed by atoms with Crippen molar-refractivity contribution in [3.8, 4) is 11.5 Å². The van der Waals surface area contributed by atoms with E-state index in [2.05, 4.69) is 20.4 Å². The van der Waals surface area contributed by atoms with E-state index in [1.165, 1.54) is 7.11 Å². The second-order valence-electron chi connectivity index (χ2n) is 6.47. The fourth-order valence-electron chi connectivity index (χ4n) is 2.59. The number of esters is 1. The molecule has 1 aromatic carbocycles. The highest BCUT2D eigenvalue weighted by molar-refractivity contribution is 5.79. The number of guanidine groups is 1. The van der Waals surface area contributed by atoms with Crippen molar-refractivity contribution in [2.45, 2.75) is 52.1 Å². The van der Waals surface area contributed by atoms with Crippen molar-refractivity contribution >= 4 is 11.9 Å². The van der Waals surface area contributed by atoms with Crippen LogP contribution in [0.25, 0.3) is 0 Å². The quantitative estimate of drug-likeness (QED) is 0.232. The van der Waals surface area contributed by atoms with E-state index in [-0.39, 0.29) is 12.1 Å². The molecule has 1 rings (SSSR count). The zero-order chi connectivity index (χ0) is 20.6. The maximum Gasteiger partial charge on any atom is 0.305 e. The first-order valence-corrected chi connectivity index (χ1v) is 9.99. The second kappa shape index (κ2) is 14.6. The van der Waals surface area contributed by atoms with Gasteiger partial charge in [-0.15, -0.1) is 0 Å². The summed E-state index contributed by atoms with van der Waals surface area (Å²) in [6.07, 6.45) is 4.41. The zero-order valence-electron chi connectivity index (χ0n) is 17.6. The van der Waals surface area contributed by atoms with Crippen LogP contribution in [-0.4, -0.2) is 51.9 Å². The Morgan fingerprint density at radius 3 is 2.46 bits per heavy atom. The summed E-state index contributed by atoms with van der Waals surface area (Å²) in [7, 11) is 3.06. The van der Waals surface area contributed by atoms with Gasteiger partial charge in [0, 0.05) is 19.5 Å². The van der Waals surface area contributed by atoms with E-state index < -0.39 is 0 Å². The third-order valence-corrected chi connectivity index (χ3v) is 4.08. The first-order chi connectivity index (χ1) is 13.6. The Bertz CT molecular complexity index is 593. The monoisotopic (exact) mass is 393 g/mol. The van der Waals surface area contributed by atoms with E-state index in [9.17, 15) is 4.79 Å². The summed E-state index contributed by atoms with van der Waals surface area (Å²) < 4.78 is 15.9. The molecular weight excluding hydrogens is 358 g/mol. The van der Waals surface area contributed by atoms with Gasteiger partial charge in [0.15, 0.2) is 17.5 Å². The SMILES string of the molecule is CCNC(=NCC(C)Oc1ccccc1OC)NCCCCCCC(=O)OC. The highest BCUT2D eigenvalue weighted by Crippen LogP contribution is 2.26. The van der Waals surface area contributed by atoms with E-state index in [0.29, 0.717) is 13.0 Å². The number of rotatable bonds is 13. The molecule has 0 aliphatic heterocycles. The van der Waals surface area contributed by atoms with Gasteiger partial charge in [-0.05, 0) is 38.8 Å². The average Bonchev–Trinajstić information content (AvgIpc) is 2.71. The van der Waals surface area contributed by atoms with E-state index in [4.69, 9.17) is 9.47 Å². The molecule has 0 bridgehead atoms. The van der Waals surface area contributed by atoms with Crippen LogP contribution < -0.4 is 20.1 Å². The molecule has 0 aromatic heterocycles.